The van der Waals surface area contributed by atoms with Gasteiger partial charge >= 0.3 is 0 Å². The predicted octanol–water partition coefficient (Wildman–Crippen LogP) is 2.23. The molecule has 1 fully saturated rings. The molecule has 1 aromatic rings. The van der Waals surface area contributed by atoms with Crippen LogP contribution in [0.25, 0.3) is 0 Å². The average molecular weight is 360 g/mol. The maximum absolute atomic E-state index is 13.8. The number of piperazine rings is 1. The summed E-state index contributed by atoms with van der Waals surface area (Å²) in [5.74, 6) is -2.01. The molecule has 1 aromatic carbocycles. The lowest BCUT2D eigenvalue weighted by Gasteiger charge is -2.35. The van der Waals surface area contributed by atoms with Crippen LogP contribution in [0.15, 0.2) is 23.1 Å². The summed E-state index contributed by atoms with van der Waals surface area (Å²) < 4.78 is 52.9. The summed E-state index contributed by atoms with van der Waals surface area (Å²) in [6.07, 6.45) is 1.70. The zero-order valence-corrected chi connectivity index (χ0v) is 14.7. The van der Waals surface area contributed by atoms with Crippen molar-refractivity contribution in [1.82, 2.24) is 9.21 Å². The van der Waals surface area contributed by atoms with Crippen LogP contribution >= 0.6 is 0 Å². The minimum absolute atomic E-state index is 0.0156. The Bertz CT molecular complexity index is 701. The van der Waals surface area contributed by atoms with Gasteiger partial charge in [-0.15, -0.1) is 0 Å². The second kappa shape index (κ2) is 7.57. The van der Waals surface area contributed by atoms with E-state index in [-0.39, 0.29) is 38.0 Å². The van der Waals surface area contributed by atoms with Gasteiger partial charge in [0.15, 0.2) is 0 Å². The molecule has 0 radical (unpaired) electrons. The lowest BCUT2D eigenvalue weighted by Crippen LogP contribution is -2.51. The molecule has 5 nitrogen and oxygen atoms in total. The molecule has 1 heterocycles. The number of sulfonamides is 1. The topological polar surface area (TPSA) is 57.7 Å². The number of carbonyl (C=O) groups excluding carboxylic acids is 1. The minimum Gasteiger partial charge on any atom is -0.340 e. The monoisotopic (exact) mass is 360 g/mol. The maximum Gasteiger partial charge on any atom is 0.246 e. The molecule has 1 amide bonds. The van der Waals surface area contributed by atoms with Crippen LogP contribution in [0, 0.1) is 17.6 Å². The second-order valence-corrected chi connectivity index (χ2v) is 7.90. The van der Waals surface area contributed by atoms with E-state index in [4.69, 9.17) is 0 Å². The van der Waals surface area contributed by atoms with Crippen molar-refractivity contribution in [2.45, 2.75) is 31.6 Å². The van der Waals surface area contributed by atoms with Crippen LogP contribution in [-0.4, -0.2) is 49.7 Å². The molecule has 134 valence electrons. The summed E-state index contributed by atoms with van der Waals surface area (Å²) in [6, 6.07) is 2.40. The highest BCUT2D eigenvalue weighted by Crippen LogP contribution is 2.22. The molecule has 0 aromatic heterocycles. The molecule has 1 saturated heterocycles. The van der Waals surface area contributed by atoms with E-state index in [2.05, 4.69) is 0 Å². The summed E-state index contributed by atoms with van der Waals surface area (Å²) in [4.78, 5) is 13.4. The first kappa shape index (κ1) is 18.8. The van der Waals surface area contributed by atoms with Crippen molar-refractivity contribution in [2.75, 3.05) is 26.2 Å². The van der Waals surface area contributed by atoms with Gasteiger partial charge in [-0.05, 0) is 18.6 Å². The number of amides is 1. The fourth-order valence-corrected chi connectivity index (χ4v) is 4.31. The van der Waals surface area contributed by atoms with Crippen molar-refractivity contribution in [2.24, 2.45) is 5.92 Å². The summed E-state index contributed by atoms with van der Waals surface area (Å²) in [5.41, 5.74) is 0. The quantitative estimate of drug-likeness (QED) is 0.809. The fourth-order valence-electron chi connectivity index (χ4n) is 2.84. The third-order valence-electron chi connectivity index (χ3n) is 4.21. The van der Waals surface area contributed by atoms with Crippen molar-refractivity contribution in [3.8, 4) is 0 Å². The molecule has 8 heteroatoms. The number of nitrogens with zero attached hydrogens (tertiary/aromatic N) is 2. The number of carbonyl (C=O) groups is 1. The van der Waals surface area contributed by atoms with Gasteiger partial charge in [0.25, 0.3) is 0 Å². The summed E-state index contributed by atoms with van der Waals surface area (Å²) in [7, 11) is -4.04. The Morgan fingerprint density at radius 2 is 1.83 bits per heavy atom. The maximum atomic E-state index is 13.8. The van der Waals surface area contributed by atoms with E-state index in [1.165, 1.54) is 0 Å². The molecule has 0 saturated carbocycles. The standard InChI is InChI=1S/C16H22F2N2O3S/c1-3-4-12(2)16(21)19-7-9-20(10-8-19)24(22,23)15-6-5-13(17)11-14(15)18/h5-6,11-12H,3-4,7-10H2,1-2H3. The Morgan fingerprint density at radius 3 is 2.38 bits per heavy atom. The van der Waals surface area contributed by atoms with Gasteiger partial charge < -0.3 is 4.90 Å². The van der Waals surface area contributed by atoms with Crippen LogP contribution in [0.2, 0.25) is 0 Å². The van der Waals surface area contributed by atoms with Gasteiger partial charge in [0.2, 0.25) is 15.9 Å². The third kappa shape index (κ3) is 3.92. The molecule has 0 spiro atoms. The van der Waals surface area contributed by atoms with E-state index in [9.17, 15) is 22.0 Å². The Hall–Kier alpha value is -1.54. The molecule has 0 N–H and O–H groups in total. The van der Waals surface area contributed by atoms with E-state index in [0.29, 0.717) is 6.07 Å². The summed E-state index contributed by atoms with van der Waals surface area (Å²) in [5, 5.41) is 0. The zero-order valence-electron chi connectivity index (χ0n) is 13.8. The number of hydrogen-bond donors (Lipinski definition) is 0. The van der Waals surface area contributed by atoms with Gasteiger partial charge in [0.05, 0.1) is 0 Å². The number of benzene rings is 1. The summed E-state index contributed by atoms with van der Waals surface area (Å²) >= 11 is 0. The van der Waals surface area contributed by atoms with Crippen LogP contribution in [0.3, 0.4) is 0 Å². The van der Waals surface area contributed by atoms with Crippen LogP contribution < -0.4 is 0 Å². The summed E-state index contributed by atoms with van der Waals surface area (Å²) in [6.45, 7) is 4.62. The van der Waals surface area contributed by atoms with Crippen molar-refractivity contribution < 1.29 is 22.0 Å². The van der Waals surface area contributed by atoms with Crippen LogP contribution in [0.5, 0.6) is 0 Å². The average Bonchev–Trinajstić information content (AvgIpc) is 2.54. The highest BCUT2D eigenvalue weighted by molar-refractivity contribution is 7.89. The van der Waals surface area contributed by atoms with Gasteiger partial charge in [-0.2, -0.15) is 4.31 Å². The van der Waals surface area contributed by atoms with Crippen LogP contribution in [-0.2, 0) is 14.8 Å². The lowest BCUT2D eigenvalue weighted by molar-refractivity contribution is -0.136. The molecule has 1 unspecified atom stereocenters. The molecule has 24 heavy (non-hydrogen) atoms. The SMILES string of the molecule is CCCC(C)C(=O)N1CCN(S(=O)(=O)c2ccc(F)cc2F)CC1. The number of rotatable bonds is 5. The molecule has 1 aliphatic rings. The molecule has 0 aliphatic carbocycles. The third-order valence-corrected chi connectivity index (χ3v) is 6.14. The fraction of sp³-hybridized carbons (Fsp3) is 0.562. The van der Waals surface area contributed by atoms with Crippen LogP contribution in [0.1, 0.15) is 26.7 Å². The first-order valence-electron chi connectivity index (χ1n) is 8.01. The molecule has 1 aliphatic heterocycles. The van der Waals surface area contributed by atoms with Crippen molar-refractivity contribution in [1.29, 1.82) is 0 Å². The molecular weight excluding hydrogens is 338 g/mol. The Labute approximate surface area is 141 Å². The Morgan fingerprint density at radius 1 is 1.21 bits per heavy atom. The molecule has 2 rings (SSSR count). The van der Waals surface area contributed by atoms with Crippen molar-refractivity contribution >= 4 is 15.9 Å². The number of halogens is 2. The largest absolute Gasteiger partial charge is 0.340 e. The van der Waals surface area contributed by atoms with E-state index < -0.39 is 26.6 Å². The highest BCUT2D eigenvalue weighted by atomic mass is 32.2. The molecular formula is C16H22F2N2O3S. The van der Waals surface area contributed by atoms with E-state index >= 15 is 0 Å². The van der Waals surface area contributed by atoms with Crippen molar-refractivity contribution in [3.63, 3.8) is 0 Å². The normalized spacial score (nSPS) is 17.8. The lowest BCUT2D eigenvalue weighted by atomic mass is 10.0. The van der Waals surface area contributed by atoms with Crippen molar-refractivity contribution in [3.05, 3.63) is 29.8 Å². The molecule has 1 atom stereocenters. The second-order valence-electron chi connectivity index (χ2n) is 5.99. The van der Waals surface area contributed by atoms with Gasteiger partial charge in [0, 0.05) is 38.2 Å². The Balaban J connectivity index is 2.07. The molecule has 0 bridgehead atoms. The van der Waals surface area contributed by atoms with Gasteiger partial charge in [-0.25, -0.2) is 17.2 Å². The minimum atomic E-state index is -4.04. The highest BCUT2D eigenvalue weighted by Gasteiger charge is 2.32. The first-order chi connectivity index (χ1) is 11.3. The zero-order chi connectivity index (χ0) is 17.9. The predicted molar refractivity (Wildman–Crippen MR) is 85.8 cm³/mol. The van der Waals surface area contributed by atoms with Crippen LogP contribution in [0.4, 0.5) is 8.78 Å². The first-order valence-corrected chi connectivity index (χ1v) is 9.45. The van der Waals surface area contributed by atoms with E-state index in [0.717, 1.165) is 29.3 Å². The van der Waals surface area contributed by atoms with E-state index in [1.807, 2.05) is 13.8 Å². The van der Waals surface area contributed by atoms with Gasteiger partial charge in [-0.3, -0.25) is 4.79 Å². The smallest absolute Gasteiger partial charge is 0.246 e. The Kier molecular flexibility index (Phi) is 5.92. The van der Waals surface area contributed by atoms with Gasteiger partial charge in [0.1, 0.15) is 16.5 Å². The van der Waals surface area contributed by atoms with E-state index in [1.54, 1.807) is 4.90 Å². The number of hydrogen-bond acceptors (Lipinski definition) is 3. The van der Waals surface area contributed by atoms with Gasteiger partial charge in [-0.1, -0.05) is 20.3 Å².